The molecule has 0 saturated carbocycles. The zero-order valence-corrected chi connectivity index (χ0v) is 13.8. The van der Waals surface area contributed by atoms with Crippen molar-refractivity contribution in [2.75, 3.05) is 36.5 Å². The Labute approximate surface area is 132 Å². The summed E-state index contributed by atoms with van der Waals surface area (Å²) in [7, 11) is 2.15. The van der Waals surface area contributed by atoms with Crippen LogP contribution in [0.2, 0.25) is 0 Å². The van der Waals surface area contributed by atoms with Crippen molar-refractivity contribution in [3.8, 4) is 0 Å². The van der Waals surface area contributed by atoms with E-state index in [0.717, 1.165) is 17.6 Å². The maximum absolute atomic E-state index is 6.09. The summed E-state index contributed by atoms with van der Waals surface area (Å²) in [5.74, 6) is 0. The third-order valence-electron chi connectivity index (χ3n) is 3.83. The monoisotopic (exact) mass is 351 g/mol. The van der Waals surface area contributed by atoms with Gasteiger partial charge in [-0.05, 0) is 39.5 Å². The average molecular weight is 352 g/mol. The van der Waals surface area contributed by atoms with E-state index in [-0.39, 0.29) is 6.04 Å². The smallest absolute Gasteiger partial charge is 0.0769 e. The van der Waals surface area contributed by atoms with E-state index in [1.807, 2.05) is 0 Å². The fourth-order valence-corrected chi connectivity index (χ4v) is 4.53. The highest BCUT2D eigenvalue weighted by molar-refractivity contribution is 9.10. The van der Waals surface area contributed by atoms with Gasteiger partial charge in [-0.1, -0.05) is 12.1 Å². The summed E-state index contributed by atoms with van der Waals surface area (Å²) >= 11 is 5.41. The van der Waals surface area contributed by atoms with Gasteiger partial charge < -0.3 is 15.5 Å². The number of rotatable bonds is 3. The normalized spacial score (nSPS) is 16.1. The highest BCUT2D eigenvalue weighted by Gasteiger charge is 2.28. The van der Waals surface area contributed by atoms with Gasteiger partial charge in [-0.25, -0.2) is 0 Å². The Morgan fingerprint density at radius 1 is 1.25 bits per heavy atom. The van der Waals surface area contributed by atoms with Crippen molar-refractivity contribution in [3.63, 3.8) is 0 Å². The molecule has 0 fully saturated rings. The first-order chi connectivity index (χ1) is 9.72. The lowest BCUT2D eigenvalue weighted by atomic mass is 10.1. The van der Waals surface area contributed by atoms with E-state index >= 15 is 0 Å². The molecule has 3 rings (SSSR count). The Morgan fingerprint density at radius 2 is 2.00 bits per heavy atom. The van der Waals surface area contributed by atoms with E-state index in [2.05, 4.69) is 68.5 Å². The topological polar surface area (TPSA) is 32.5 Å². The van der Waals surface area contributed by atoms with Crippen LogP contribution in [-0.4, -0.2) is 26.7 Å². The van der Waals surface area contributed by atoms with Crippen LogP contribution in [0.1, 0.15) is 10.9 Å². The summed E-state index contributed by atoms with van der Waals surface area (Å²) in [6, 6.07) is 10.9. The second-order valence-electron chi connectivity index (χ2n) is 4.99. The van der Waals surface area contributed by atoms with Crippen LogP contribution in [0.5, 0.6) is 0 Å². The van der Waals surface area contributed by atoms with E-state index in [0.29, 0.717) is 6.54 Å². The lowest BCUT2D eigenvalue weighted by molar-refractivity contribution is 0.617. The van der Waals surface area contributed by atoms with E-state index < -0.39 is 0 Å². The summed E-state index contributed by atoms with van der Waals surface area (Å²) in [5, 5.41) is 2.12. The minimum absolute atomic E-state index is 0.235. The van der Waals surface area contributed by atoms with Crippen molar-refractivity contribution < 1.29 is 0 Å². The largest absolute Gasteiger partial charge is 0.371 e. The number of anilines is 2. The summed E-state index contributed by atoms with van der Waals surface area (Å²) in [4.78, 5) is 6.06. The molecule has 3 nitrogen and oxygen atoms in total. The molecule has 2 aromatic rings. The second kappa shape index (κ2) is 5.76. The van der Waals surface area contributed by atoms with Gasteiger partial charge in [0.05, 0.1) is 17.4 Å². The van der Waals surface area contributed by atoms with Crippen LogP contribution in [0.4, 0.5) is 11.4 Å². The third kappa shape index (κ3) is 2.34. The zero-order valence-electron chi connectivity index (χ0n) is 11.4. The van der Waals surface area contributed by atoms with Gasteiger partial charge in [0.1, 0.15) is 0 Å². The lowest BCUT2D eigenvalue weighted by Crippen LogP contribution is -2.43. The number of para-hydroxylation sites is 2. The maximum Gasteiger partial charge on any atom is 0.0769 e. The van der Waals surface area contributed by atoms with Crippen LogP contribution in [-0.2, 0) is 0 Å². The van der Waals surface area contributed by atoms with Gasteiger partial charge in [-0.15, -0.1) is 11.3 Å². The van der Waals surface area contributed by atoms with Crippen molar-refractivity contribution in [1.29, 1.82) is 0 Å². The SMILES string of the molecule is CN1CCN(C(CN)c2sccc2Br)c2ccccc21. The van der Waals surface area contributed by atoms with Crippen molar-refractivity contribution in [2.24, 2.45) is 5.73 Å². The molecule has 0 aliphatic carbocycles. The Kier molecular flexibility index (Phi) is 4.01. The van der Waals surface area contributed by atoms with Gasteiger partial charge >= 0.3 is 0 Å². The molecule has 1 atom stereocenters. The highest BCUT2D eigenvalue weighted by Crippen LogP contribution is 2.40. The van der Waals surface area contributed by atoms with E-state index in [1.54, 1.807) is 11.3 Å². The molecule has 0 bridgehead atoms. The van der Waals surface area contributed by atoms with Crippen LogP contribution >= 0.6 is 27.3 Å². The Balaban J connectivity index is 2.02. The molecule has 1 aliphatic heterocycles. The molecule has 5 heteroatoms. The van der Waals surface area contributed by atoms with Gasteiger partial charge in [-0.2, -0.15) is 0 Å². The van der Waals surface area contributed by atoms with Gasteiger partial charge in [0.25, 0.3) is 0 Å². The number of hydrogen-bond donors (Lipinski definition) is 1. The van der Waals surface area contributed by atoms with Crippen LogP contribution in [0.3, 0.4) is 0 Å². The van der Waals surface area contributed by atoms with Gasteiger partial charge in [0.15, 0.2) is 0 Å². The number of fused-ring (bicyclic) bond motifs is 1. The van der Waals surface area contributed by atoms with Gasteiger partial charge in [0.2, 0.25) is 0 Å². The van der Waals surface area contributed by atoms with Crippen molar-refractivity contribution in [3.05, 3.63) is 45.1 Å². The lowest BCUT2D eigenvalue weighted by Gasteiger charge is -2.41. The van der Waals surface area contributed by atoms with E-state index in [4.69, 9.17) is 5.73 Å². The first kappa shape index (κ1) is 13.9. The van der Waals surface area contributed by atoms with E-state index in [1.165, 1.54) is 16.3 Å². The number of nitrogens with zero attached hydrogens (tertiary/aromatic N) is 2. The first-order valence-corrected chi connectivity index (χ1v) is 8.39. The van der Waals surface area contributed by atoms with Crippen LogP contribution in [0.25, 0.3) is 0 Å². The van der Waals surface area contributed by atoms with Gasteiger partial charge in [-0.3, -0.25) is 0 Å². The molecule has 1 aliphatic rings. The number of thiophene rings is 1. The molecule has 1 aromatic heterocycles. The molecule has 20 heavy (non-hydrogen) atoms. The number of benzene rings is 1. The maximum atomic E-state index is 6.09. The predicted octanol–water partition coefficient (Wildman–Crippen LogP) is 3.47. The molecule has 1 unspecified atom stereocenters. The minimum Gasteiger partial charge on any atom is -0.371 e. The average Bonchev–Trinajstić information content (AvgIpc) is 2.89. The predicted molar refractivity (Wildman–Crippen MR) is 90.9 cm³/mol. The number of hydrogen-bond acceptors (Lipinski definition) is 4. The third-order valence-corrected chi connectivity index (χ3v) is 5.80. The molecule has 0 spiro atoms. The van der Waals surface area contributed by atoms with Crippen molar-refractivity contribution in [2.45, 2.75) is 6.04 Å². The second-order valence-corrected chi connectivity index (χ2v) is 6.79. The quantitative estimate of drug-likeness (QED) is 0.918. The van der Waals surface area contributed by atoms with Crippen molar-refractivity contribution in [1.82, 2.24) is 0 Å². The van der Waals surface area contributed by atoms with Crippen LogP contribution in [0, 0.1) is 0 Å². The van der Waals surface area contributed by atoms with Crippen molar-refractivity contribution >= 4 is 38.6 Å². The molecule has 0 saturated heterocycles. The molecule has 2 heterocycles. The van der Waals surface area contributed by atoms with Crippen LogP contribution in [0.15, 0.2) is 40.2 Å². The molecule has 1 aromatic carbocycles. The first-order valence-electron chi connectivity index (χ1n) is 6.72. The Hall–Kier alpha value is -1.04. The summed E-state index contributed by atoms with van der Waals surface area (Å²) in [6.45, 7) is 2.65. The number of nitrogens with two attached hydrogens (primary N) is 1. The summed E-state index contributed by atoms with van der Waals surface area (Å²) < 4.78 is 1.16. The van der Waals surface area contributed by atoms with Crippen LogP contribution < -0.4 is 15.5 Å². The standard InChI is InChI=1S/C15H18BrN3S/c1-18-7-8-19(13-5-3-2-4-12(13)18)14(10-17)15-11(16)6-9-20-15/h2-6,9,14H,7-8,10,17H2,1H3. The minimum atomic E-state index is 0.235. The fourth-order valence-electron chi connectivity index (χ4n) is 2.77. The number of likely N-dealkylation sites (N-methyl/N-ethyl adjacent to an activating group) is 1. The zero-order chi connectivity index (χ0) is 14.1. The van der Waals surface area contributed by atoms with Gasteiger partial charge in [0, 0.05) is 36.0 Å². The highest BCUT2D eigenvalue weighted by atomic mass is 79.9. The Morgan fingerprint density at radius 3 is 2.65 bits per heavy atom. The fraction of sp³-hybridized carbons (Fsp3) is 0.333. The molecule has 2 N–H and O–H groups in total. The molecule has 106 valence electrons. The number of halogens is 1. The summed E-state index contributed by atoms with van der Waals surface area (Å²) in [6.07, 6.45) is 0. The molecule has 0 amide bonds. The summed E-state index contributed by atoms with van der Waals surface area (Å²) in [5.41, 5.74) is 8.64. The molecular weight excluding hydrogens is 334 g/mol. The van der Waals surface area contributed by atoms with E-state index in [9.17, 15) is 0 Å². The molecule has 0 radical (unpaired) electrons. The Bertz CT molecular complexity index is 598. The molecular formula is C15H18BrN3S.